The van der Waals surface area contributed by atoms with Crippen LogP contribution in [0.5, 0.6) is 5.75 Å². The van der Waals surface area contributed by atoms with E-state index in [1.165, 1.54) is 6.07 Å². The van der Waals surface area contributed by atoms with Crippen LogP contribution in [0.1, 0.15) is 36.8 Å². The summed E-state index contributed by atoms with van der Waals surface area (Å²) in [7, 11) is 0. The quantitative estimate of drug-likeness (QED) is 0.744. The third-order valence-electron chi connectivity index (χ3n) is 4.20. The zero-order chi connectivity index (χ0) is 15.9. The summed E-state index contributed by atoms with van der Waals surface area (Å²) in [5.74, 6) is -0.364. The van der Waals surface area contributed by atoms with Crippen molar-refractivity contribution in [1.29, 1.82) is 0 Å². The predicted octanol–water partition coefficient (Wildman–Crippen LogP) is 3.51. The molecule has 1 aromatic rings. The van der Waals surface area contributed by atoms with Crippen LogP contribution in [0, 0.1) is 0 Å². The number of hydrogen-bond donors (Lipinski definition) is 3. The fourth-order valence-corrected chi connectivity index (χ4v) is 3.13. The fourth-order valence-electron chi connectivity index (χ4n) is 3.13. The molecule has 0 unspecified atom stereocenters. The smallest absolute Gasteiger partial charge is 0.416 e. The van der Waals surface area contributed by atoms with Gasteiger partial charge < -0.3 is 16.2 Å². The molecule has 0 amide bonds. The molecule has 1 aliphatic heterocycles. The van der Waals surface area contributed by atoms with E-state index < -0.39 is 11.7 Å². The lowest BCUT2D eigenvalue weighted by molar-refractivity contribution is -0.137. The van der Waals surface area contributed by atoms with E-state index in [1.54, 1.807) is 0 Å². The number of halogens is 3. The Morgan fingerprint density at radius 2 is 1.82 bits per heavy atom. The number of nitrogens with two attached hydrogens (primary N) is 1. The summed E-state index contributed by atoms with van der Waals surface area (Å²) in [5.41, 5.74) is 9.27. The molecule has 0 atom stereocenters. The number of phenolic OH excluding ortho intramolecular Hbond substituents is 1. The van der Waals surface area contributed by atoms with E-state index in [1.807, 2.05) is 0 Å². The lowest BCUT2D eigenvalue weighted by Gasteiger charge is -2.16. The standard InChI is InChI=1S/C16H17F3N2O/c17-16(18,19)9-4-5-12(14(22)8-9)15-11-3-1-2-10(11)13(20)6-7-21-15/h4-5,8,21-22H,1-3,6-7,20H2. The van der Waals surface area contributed by atoms with E-state index >= 15 is 0 Å². The van der Waals surface area contributed by atoms with Gasteiger partial charge in [0, 0.05) is 29.9 Å². The second kappa shape index (κ2) is 5.26. The Kier molecular flexibility index (Phi) is 3.54. The van der Waals surface area contributed by atoms with Crippen molar-refractivity contribution in [1.82, 2.24) is 5.32 Å². The monoisotopic (exact) mass is 310 g/mol. The Morgan fingerprint density at radius 3 is 2.50 bits per heavy atom. The Hall–Kier alpha value is -2.11. The van der Waals surface area contributed by atoms with Crippen LogP contribution in [0.4, 0.5) is 13.2 Å². The van der Waals surface area contributed by atoms with Gasteiger partial charge in [0.15, 0.2) is 0 Å². The zero-order valence-electron chi connectivity index (χ0n) is 11.9. The van der Waals surface area contributed by atoms with E-state index in [4.69, 9.17) is 5.73 Å². The van der Waals surface area contributed by atoms with Crippen LogP contribution in [0.25, 0.3) is 5.70 Å². The van der Waals surface area contributed by atoms with Gasteiger partial charge in [0.05, 0.1) is 5.56 Å². The summed E-state index contributed by atoms with van der Waals surface area (Å²) in [6, 6.07) is 3.10. The molecule has 0 spiro atoms. The Bertz CT molecular complexity index is 674. The van der Waals surface area contributed by atoms with Crippen molar-refractivity contribution in [2.45, 2.75) is 31.9 Å². The van der Waals surface area contributed by atoms with Crippen LogP contribution < -0.4 is 11.1 Å². The molecule has 0 bridgehead atoms. The molecule has 1 aromatic carbocycles. The normalized spacial score (nSPS) is 19.0. The van der Waals surface area contributed by atoms with Crippen molar-refractivity contribution in [2.24, 2.45) is 5.73 Å². The molecule has 0 aromatic heterocycles. The number of allylic oxidation sites excluding steroid dienone is 2. The SMILES string of the molecule is NC1=C2CCCC2=C(c2ccc(C(F)(F)F)cc2O)NCC1. The largest absolute Gasteiger partial charge is 0.507 e. The minimum atomic E-state index is -4.46. The first-order valence-corrected chi connectivity index (χ1v) is 7.23. The molecule has 3 rings (SSSR count). The number of alkyl halides is 3. The summed E-state index contributed by atoms with van der Waals surface area (Å²) in [6.07, 6.45) is -1.10. The summed E-state index contributed by atoms with van der Waals surface area (Å²) < 4.78 is 38.1. The summed E-state index contributed by atoms with van der Waals surface area (Å²) in [4.78, 5) is 0. The fraction of sp³-hybridized carbons (Fsp3) is 0.375. The molecule has 0 radical (unpaired) electrons. The lowest BCUT2D eigenvalue weighted by Crippen LogP contribution is -2.15. The molecule has 1 saturated carbocycles. The van der Waals surface area contributed by atoms with E-state index in [2.05, 4.69) is 5.32 Å². The molecule has 2 aliphatic rings. The molecule has 4 N–H and O–H groups in total. The van der Waals surface area contributed by atoms with Gasteiger partial charge in [-0.15, -0.1) is 0 Å². The molecule has 1 aliphatic carbocycles. The van der Waals surface area contributed by atoms with Crippen molar-refractivity contribution in [3.8, 4) is 5.75 Å². The number of aromatic hydroxyl groups is 1. The highest BCUT2D eigenvalue weighted by Crippen LogP contribution is 2.41. The van der Waals surface area contributed by atoms with Gasteiger partial charge in [0.25, 0.3) is 0 Å². The maximum Gasteiger partial charge on any atom is 0.416 e. The number of phenols is 1. The third kappa shape index (κ3) is 2.53. The molecule has 6 heteroatoms. The van der Waals surface area contributed by atoms with Crippen LogP contribution in [-0.2, 0) is 6.18 Å². The second-order valence-electron chi connectivity index (χ2n) is 5.62. The van der Waals surface area contributed by atoms with E-state index in [0.717, 1.165) is 48.2 Å². The van der Waals surface area contributed by atoms with Crippen molar-refractivity contribution >= 4 is 5.70 Å². The average Bonchev–Trinajstić information content (AvgIpc) is 2.87. The van der Waals surface area contributed by atoms with Gasteiger partial charge in [-0.05, 0) is 48.6 Å². The van der Waals surface area contributed by atoms with Gasteiger partial charge >= 0.3 is 6.18 Å². The number of hydrogen-bond acceptors (Lipinski definition) is 3. The second-order valence-corrected chi connectivity index (χ2v) is 5.62. The van der Waals surface area contributed by atoms with Gasteiger partial charge in [-0.3, -0.25) is 0 Å². The maximum atomic E-state index is 12.7. The minimum absolute atomic E-state index is 0.364. The van der Waals surface area contributed by atoms with Crippen LogP contribution in [0.2, 0.25) is 0 Å². The molecular formula is C16H17F3N2O. The van der Waals surface area contributed by atoms with E-state index in [0.29, 0.717) is 24.2 Å². The Morgan fingerprint density at radius 1 is 1.09 bits per heavy atom. The highest BCUT2D eigenvalue weighted by Gasteiger charge is 2.32. The summed E-state index contributed by atoms with van der Waals surface area (Å²) in [5, 5.41) is 13.3. The number of nitrogens with one attached hydrogen (secondary N) is 1. The molecule has 1 fully saturated rings. The van der Waals surface area contributed by atoms with Crippen LogP contribution in [0.3, 0.4) is 0 Å². The highest BCUT2D eigenvalue weighted by molar-refractivity contribution is 5.76. The predicted molar refractivity (Wildman–Crippen MR) is 77.7 cm³/mol. The number of fused-ring (bicyclic) bond motifs is 1. The molecular weight excluding hydrogens is 293 g/mol. The van der Waals surface area contributed by atoms with Crippen LogP contribution >= 0.6 is 0 Å². The van der Waals surface area contributed by atoms with Crippen LogP contribution in [0.15, 0.2) is 35.0 Å². The summed E-state index contributed by atoms with van der Waals surface area (Å²) >= 11 is 0. The van der Waals surface area contributed by atoms with Crippen molar-refractivity contribution in [3.63, 3.8) is 0 Å². The highest BCUT2D eigenvalue weighted by atomic mass is 19.4. The van der Waals surface area contributed by atoms with Crippen molar-refractivity contribution in [3.05, 3.63) is 46.2 Å². The van der Waals surface area contributed by atoms with Crippen molar-refractivity contribution < 1.29 is 18.3 Å². The molecule has 22 heavy (non-hydrogen) atoms. The maximum absolute atomic E-state index is 12.7. The van der Waals surface area contributed by atoms with E-state index in [9.17, 15) is 18.3 Å². The number of benzene rings is 1. The van der Waals surface area contributed by atoms with Gasteiger partial charge in [-0.2, -0.15) is 13.2 Å². The van der Waals surface area contributed by atoms with Crippen LogP contribution in [-0.4, -0.2) is 11.7 Å². The topological polar surface area (TPSA) is 58.3 Å². The molecule has 118 valence electrons. The first kappa shape index (κ1) is 14.8. The first-order valence-electron chi connectivity index (χ1n) is 7.23. The summed E-state index contributed by atoms with van der Waals surface area (Å²) in [6.45, 7) is 0.606. The first-order chi connectivity index (χ1) is 10.4. The lowest BCUT2D eigenvalue weighted by atomic mass is 9.99. The third-order valence-corrected chi connectivity index (χ3v) is 4.20. The Labute approximate surface area is 126 Å². The van der Waals surface area contributed by atoms with Crippen molar-refractivity contribution in [2.75, 3.05) is 6.54 Å². The minimum Gasteiger partial charge on any atom is -0.507 e. The molecule has 0 saturated heterocycles. The number of rotatable bonds is 1. The molecule has 1 heterocycles. The van der Waals surface area contributed by atoms with E-state index in [-0.39, 0.29) is 5.75 Å². The van der Waals surface area contributed by atoms with Gasteiger partial charge in [0.1, 0.15) is 5.75 Å². The van der Waals surface area contributed by atoms with Gasteiger partial charge in [-0.25, -0.2) is 0 Å². The Balaban J connectivity index is 2.09. The average molecular weight is 310 g/mol. The molecule has 3 nitrogen and oxygen atoms in total. The van der Waals surface area contributed by atoms with Gasteiger partial charge in [-0.1, -0.05) is 0 Å². The van der Waals surface area contributed by atoms with Gasteiger partial charge in [0.2, 0.25) is 0 Å². The zero-order valence-corrected chi connectivity index (χ0v) is 11.9.